The summed E-state index contributed by atoms with van der Waals surface area (Å²) in [5.74, 6) is 0.540. The zero-order valence-electron chi connectivity index (χ0n) is 20.2. The van der Waals surface area contributed by atoms with Crippen molar-refractivity contribution in [1.82, 2.24) is 0 Å². The molecule has 5 aliphatic rings. The van der Waals surface area contributed by atoms with Gasteiger partial charge in [-0.25, -0.2) is 0 Å². The number of fused-ring (bicyclic) bond motifs is 7. The maximum absolute atomic E-state index is 13.7. The van der Waals surface area contributed by atoms with Gasteiger partial charge in [-0.05, 0) is 49.5 Å². The first-order chi connectivity index (χ1) is 15.7. The molecule has 4 aliphatic carbocycles. The molecule has 1 heterocycles. The number of hydrogen-bond donors (Lipinski definition) is 2. The average Bonchev–Trinajstić information content (AvgIpc) is 3.25. The topological polar surface area (TPSA) is 91.0 Å². The molecular weight excluding hydrogens is 418 g/mol. The van der Waals surface area contributed by atoms with Crippen LogP contribution in [-0.2, 0) is 19.0 Å². The number of carbonyl (C=O) groups is 1. The van der Waals surface area contributed by atoms with E-state index >= 15 is 0 Å². The van der Waals surface area contributed by atoms with Gasteiger partial charge >= 0.3 is 0 Å². The minimum absolute atomic E-state index is 0.00963. The van der Waals surface area contributed by atoms with Crippen LogP contribution in [-0.4, -0.2) is 48.3 Å². The zero-order valence-corrected chi connectivity index (χ0v) is 20.2. The third kappa shape index (κ3) is 3.14. The van der Waals surface area contributed by atoms with E-state index in [0.29, 0.717) is 12.3 Å². The summed E-state index contributed by atoms with van der Waals surface area (Å²) in [6.07, 6.45) is 10.3. The molecule has 9 atom stereocenters. The number of nitrogens with two attached hydrogens (primary N) is 1. The highest BCUT2D eigenvalue weighted by molar-refractivity contribution is 5.91. The van der Waals surface area contributed by atoms with Gasteiger partial charge in [-0.1, -0.05) is 57.6 Å². The molecule has 3 saturated carbocycles. The second-order valence-corrected chi connectivity index (χ2v) is 11.3. The molecule has 1 saturated heterocycles. The van der Waals surface area contributed by atoms with Crippen molar-refractivity contribution in [3.8, 4) is 0 Å². The van der Waals surface area contributed by atoms with Gasteiger partial charge in [-0.2, -0.15) is 0 Å². The Hall–Kier alpha value is -1.31. The van der Waals surface area contributed by atoms with Gasteiger partial charge in [0.15, 0.2) is 17.7 Å². The van der Waals surface area contributed by atoms with Crippen molar-refractivity contribution in [1.29, 1.82) is 0 Å². The lowest BCUT2D eigenvalue weighted by atomic mass is 9.46. The van der Waals surface area contributed by atoms with Gasteiger partial charge < -0.3 is 25.1 Å². The molecular formula is C27H39NO5. The monoisotopic (exact) mass is 457 g/mol. The van der Waals surface area contributed by atoms with Crippen LogP contribution in [0.5, 0.6) is 0 Å². The first kappa shape index (κ1) is 23.4. The van der Waals surface area contributed by atoms with Gasteiger partial charge in [-0.3, -0.25) is 4.79 Å². The van der Waals surface area contributed by atoms with Crippen molar-refractivity contribution in [2.24, 2.45) is 34.3 Å². The summed E-state index contributed by atoms with van der Waals surface area (Å²) in [6, 6.07) is 0. The lowest BCUT2D eigenvalue weighted by Crippen LogP contribution is -2.63. The second-order valence-electron chi connectivity index (χ2n) is 11.3. The Morgan fingerprint density at radius 3 is 2.91 bits per heavy atom. The number of allylic oxidation sites excluding steroid dienone is 5. The van der Waals surface area contributed by atoms with Crippen molar-refractivity contribution >= 4 is 5.78 Å². The molecule has 0 aromatic carbocycles. The molecule has 5 rings (SSSR count). The molecule has 6 heteroatoms. The number of aliphatic hydroxyl groups excluding tert-OH is 1. The fourth-order valence-electron chi connectivity index (χ4n) is 8.34. The number of aliphatic hydroxyl groups is 1. The predicted molar refractivity (Wildman–Crippen MR) is 125 cm³/mol. The van der Waals surface area contributed by atoms with Crippen LogP contribution in [0, 0.1) is 28.6 Å². The van der Waals surface area contributed by atoms with Crippen LogP contribution in [0.15, 0.2) is 36.0 Å². The largest absolute Gasteiger partial charge is 0.393 e. The Balaban J connectivity index is 1.53. The number of hydrogen-bond acceptors (Lipinski definition) is 6. The normalized spacial score (nSPS) is 48.0. The second kappa shape index (κ2) is 8.13. The van der Waals surface area contributed by atoms with E-state index in [1.165, 1.54) is 5.57 Å². The van der Waals surface area contributed by atoms with E-state index in [-0.39, 0.29) is 48.8 Å². The highest BCUT2D eigenvalue weighted by Gasteiger charge is 2.75. The van der Waals surface area contributed by atoms with E-state index in [1.54, 1.807) is 0 Å². The third-order valence-corrected chi connectivity index (χ3v) is 9.67. The van der Waals surface area contributed by atoms with E-state index in [0.717, 1.165) is 37.7 Å². The minimum Gasteiger partial charge on any atom is -0.393 e. The fraction of sp³-hybridized carbons (Fsp3) is 0.741. The van der Waals surface area contributed by atoms with E-state index in [4.69, 9.17) is 19.9 Å². The summed E-state index contributed by atoms with van der Waals surface area (Å²) >= 11 is 0. The molecule has 3 N–H and O–H groups in total. The number of carbonyl (C=O) groups excluding carboxylic acids is 1. The zero-order chi connectivity index (χ0) is 23.6. The van der Waals surface area contributed by atoms with E-state index in [2.05, 4.69) is 45.6 Å². The number of Topliss-reactive ketones (excluding diaryl/α,β-unsaturated/α-hetero) is 1. The van der Waals surface area contributed by atoms with Crippen LogP contribution in [0.1, 0.15) is 59.3 Å². The maximum atomic E-state index is 13.7. The quantitative estimate of drug-likeness (QED) is 0.592. The lowest BCUT2D eigenvalue weighted by molar-refractivity contribution is -0.201. The summed E-state index contributed by atoms with van der Waals surface area (Å²) in [4.78, 5) is 13.7. The van der Waals surface area contributed by atoms with E-state index < -0.39 is 17.1 Å². The number of rotatable bonds is 6. The molecule has 4 fully saturated rings. The molecule has 0 amide bonds. The molecule has 0 bridgehead atoms. The van der Waals surface area contributed by atoms with Gasteiger partial charge in [-0.15, -0.1) is 0 Å². The van der Waals surface area contributed by atoms with Crippen LogP contribution < -0.4 is 5.73 Å². The highest BCUT2D eigenvalue weighted by atomic mass is 16.7. The Morgan fingerprint density at radius 2 is 2.18 bits per heavy atom. The fourth-order valence-corrected chi connectivity index (χ4v) is 8.34. The smallest absolute Gasteiger partial charge is 0.193 e. The maximum Gasteiger partial charge on any atom is 0.193 e. The third-order valence-electron chi connectivity index (χ3n) is 9.67. The van der Waals surface area contributed by atoms with Crippen molar-refractivity contribution in [2.75, 3.05) is 13.3 Å². The molecule has 33 heavy (non-hydrogen) atoms. The Morgan fingerprint density at radius 1 is 1.39 bits per heavy atom. The summed E-state index contributed by atoms with van der Waals surface area (Å²) in [5.41, 5.74) is 6.14. The van der Waals surface area contributed by atoms with Crippen LogP contribution >= 0.6 is 0 Å². The number of ether oxygens (including phenoxy) is 3. The minimum atomic E-state index is -1.09. The van der Waals surface area contributed by atoms with Crippen LogP contribution in [0.2, 0.25) is 0 Å². The molecule has 0 aromatic rings. The molecule has 6 nitrogen and oxygen atoms in total. The van der Waals surface area contributed by atoms with Crippen LogP contribution in [0.3, 0.4) is 0 Å². The summed E-state index contributed by atoms with van der Waals surface area (Å²) in [7, 11) is 0. The molecule has 0 spiro atoms. The Bertz CT molecular complexity index is 897. The first-order valence-electron chi connectivity index (χ1n) is 12.6. The molecule has 1 aliphatic heterocycles. The molecule has 0 radical (unpaired) electrons. The van der Waals surface area contributed by atoms with Gasteiger partial charge in [0.2, 0.25) is 0 Å². The van der Waals surface area contributed by atoms with Gasteiger partial charge in [0.25, 0.3) is 0 Å². The van der Waals surface area contributed by atoms with Gasteiger partial charge in [0.05, 0.1) is 18.9 Å². The Kier molecular flexibility index (Phi) is 5.77. The number of ketones is 1. The summed E-state index contributed by atoms with van der Waals surface area (Å²) in [5, 5.41) is 11.7. The molecule has 1 unspecified atom stereocenters. The summed E-state index contributed by atoms with van der Waals surface area (Å²) in [6.45, 7) is 10.5. The highest BCUT2D eigenvalue weighted by Crippen LogP contribution is 2.69. The van der Waals surface area contributed by atoms with Crippen molar-refractivity contribution in [3.63, 3.8) is 0 Å². The SMILES string of the molecule is C=C1C=C[C@@]2(C)C(=C1)CC[C@@H]1[C@@H]2[C@@H](O)C[C@@]2(C)[C@H]1C[C@H]1OC(CCC)O[C@]12C(=O)COCN. The van der Waals surface area contributed by atoms with Crippen LogP contribution in [0.4, 0.5) is 0 Å². The summed E-state index contributed by atoms with van der Waals surface area (Å²) < 4.78 is 18.3. The average molecular weight is 458 g/mol. The lowest BCUT2D eigenvalue weighted by Gasteiger charge is -2.60. The van der Waals surface area contributed by atoms with Crippen molar-refractivity contribution in [2.45, 2.75) is 83.4 Å². The predicted octanol–water partition coefficient (Wildman–Crippen LogP) is 3.64. The van der Waals surface area contributed by atoms with E-state index in [9.17, 15) is 9.90 Å². The van der Waals surface area contributed by atoms with Crippen LogP contribution in [0.25, 0.3) is 0 Å². The standard InChI is InChI=1S/C27H39NO5/c1-5-6-23-32-22-12-19-18-8-7-17-11-16(2)9-10-25(17,3)24(18)20(29)13-26(19,4)27(22,33-23)21(30)14-31-15-28/h9-11,18-20,22-24,29H,2,5-8,12-15,28H2,1,3-4H3/t18-,19-,20-,22+,23?,24+,25-,26-,27+/m0/s1. The van der Waals surface area contributed by atoms with Gasteiger partial charge in [0.1, 0.15) is 6.61 Å². The molecule has 0 aromatic heterocycles. The van der Waals surface area contributed by atoms with Gasteiger partial charge in [0, 0.05) is 16.7 Å². The van der Waals surface area contributed by atoms with Crippen molar-refractivity contribution in [3.05, 3.63) is 36.0 Å². The van der Waals surface area contributed by atoms with Crippen molar-refractivity contribution < 1.29 is 24.1 Å². The molecule has 182 valence electrons. The van der Waals surface area contributed by atoms with E-state index in [1.807, 2.05) is 0 Å². The first-order valence-corrected chi connectivity index (χ1v) is 12.6. The Labute approximate surface area is 197 Å².